The van der Waals surface area contributed by atoms with Gasteiger partial charge in [0.15, 0.2) is 0 Å². The topological polar surface area (TPSA) is 101 Å². The van der Waals surface area contributed by atoms with Crippen LogP contribution >= 0.6 is 11.6 Å². The van der Waals surface area contributed by atoms with E-state index >= 15 is 0 Å². The van der Waals surface area contributed by atoms with Crippen LogP contribution in [0.3, 0.4) is 0 Å². The summed E-state index contributed by atoms with van der Waals surface area (Å²) in [5.41, 5.74) is 1.59. The molecule has 0 saturated carbocycles. The van der Waals surface area contributed by atoms with Crippen LogP contribution in [0, 0.1) is 24.0 Å². The molecule has 0 aliphatic carbocycles. The maximum Gasteiger partial charge on any atom is 0.271 e. The molecule has 0 unspecified atom stereocenters. The first-order valence-corrected chi connectivity index (χ1v) is 6.05. The molecule has 1 amide bonds. The lowest BCUT2D eigenvalue weighted by Gasteiger charge is -2.07. The maximum atomic E-state index is 12.2. The first-order valence-electron chi connectivity index (χ1n) is 5.67. The number of anilines is 1. The first-order chi connectivity index (χ1) is 9.40. The highest BCUT2D eigenvalue weighted by Crippen LogP contribution is 2.27. The van der Waals surface area contributed by atoms with E-state index in [4.69, 9.17) is 11.6 Å². The number of H-pyrrole nitrogens is 1. The number of carbonyl (C=O) groups excluding carboxylic acids is 1. The van der Waals surface area contributed by atoms with Crippen molar-refractivity contribution in [2.75, 3.05) is 5.32 Å². The molecule has 0 spiro atoms. The number of nitrogens with one attached hydrogen (secondary N) is 2. The number of non-ortho nitro benzene ring substituents is 1. The number of aromatic amines is 1. The number of benzene rings is 1. The summed E-state index contributed by atoms with van der Waals surface area (Å²) in [5, 5.41) is 20.1. The standard InChI is InChI=1S/C12H11ClN4O3/c1-6-11(7(2)16-15-6)12(18)14-10-5-8(17(19)20)3-4-9(10)13/h3-5H,1-2H3,(H,14,18)(H,15,16). The molecule has 2 aromatic rings. The van der Waals surface area contributed by atoms with Crippen molar-refractivity contribution in [1.82, 2.24) is 10.2 Å². The van der Waals surface area contributed by atoms with Crippen LogP contribution < -0.4 is 5.32 Å². The van der Waals surface area contributed by atoms with Crippen LogP contribution in [0.5, 0.6) is 0 Å². The van der Waals surface area contributed by atoms with Crippen LogP contribution in [0.1, 0.15) is 21.7 Å². The van der Waals surface area contributed by atoms with Gasteiger partial charge < -0.3 is 5.32 Å². The van der Waals surface area contributed by atoms with E-state index in [-0.39, 0.29) is 16.4 Å². The van der Waals surface area contributed by atoms with Crippen LogP contribution in [0.25, 0.3) is 0 Å². The molecule has 1 aromatic heterocycles. The van der Waals surface area contributed by atoms with Crippen molar-refractivity contribution >= 4 is 28.9 Å². The number of rotatable bonds is 3. The molecule has 0 atom stereocenters. The lowest BCUT2D eigenvalue weighted by atomic mass is 10.2. The van der Waals surface area contributed by atoms with Crippen LogP contribution in [-0.4, -0.2) is 21.0 Å². The minimum atomic E-state index is -0.555. The van der Waals surface area contributed by atoms with Crippen LogP contribution in [0.2, 0.25) is 5.02 Å². The van der Waals surface area contributed by atoms with Gasteiger partial charge in [0.05, 0.1) is 26.9 Å². The molecule has 0 saturated heterocycles. The fourth-order valence-corrected chi connectivity index (χ4v) is 1.96. The Balaban J connectivity index is 2.33. The third-order valence-electron chi connectivity index (χ3n) is 2.76. The molecule has 104 valence electrons. The Bertz CT molecular complexity index is 677. The van der Waals surface area contributed by atoms with Crippen LogP contribution in [0.15, 0.2) is 18.2 Å². The van der Waals surface area contributed by atoms with E-state index in [9.17, 15) is 14.9 Å². The van der Waals surface area contributed by atoms with Crippen molar-refractivity contribution < 1.29 is 9.72 Å². The third-order valence-corrected chi connectivity index (χ3v) is 3.09. The molecular formula is C12H11ClN4O3. The average Bonchev–Trinajstić information content (AvgIpc) is 2.71. The van der Waals surface area contributed by atoms with Gasteiger partial charge in [0.1, 0.15) is 0 Å². The van der Waals surface area contributed by atoms with Gasteiger partial charge in [-0.25, -0.2) is 0 Å². The Kier molecular flexibility index (Phi) is 3.71. The van der Waals surface area contributed by atoms with Crippen molar-refractivity contribution in [3.63, 3.8) is 0 Å². The molecule has 0 fully saturated rings. The number of halogens is 1. The fraction of sp³-hybridized carbons (Fsp3) is 0.167. The summed E-state index contributed by atoms with van der Waals surface area (Å²) in [4.78, 5) is 22.3. The molecule has 1 aromatic carbocycles. The monoisotopic (exact) mass is 294 g/mol. The molecule has 7 nitrogen and oxygen atoms in total. The number of hydrogen-bond acceptors (Lipinski definition) is 4. The Labute approximate surface area is 119 Å². The first kappa shape index (κ1) is 14.0. The summed E-state index contributed by atoms with van der Waals surface area (Å²) in [5.74, 6) is -0.420. The number of hydrogen-bond donors (Lipinski definition) is 2. The lowest BCUT2D eigenvalue weighted by Crippen LogP contribution is -2.14. The zero-order chi connectivity index (χ0) is 14.9. The number of nitro benzene ring substituents is 1. The quantitative estimate of drug-likeness (QED) is 0.671. The van der Waals surface area contributed by atoms with Crippen LogP contribution in [-0.2, 0) is 0 Å². The van der Waals surface area contributed by atoms with E-state index in [1.54, 1.807) is 13.8 Å². The van der Waals surface area contributed by atoms with Crippen molar-refractivity contribution in [3.8, 4) is 0 Å². The molecule has 2 rings (SSSR count). The van der Waals surface area contributed by atoms with Crippen molar-refractivity contribution in [2.24, 2.45) is 0 Å². The highest BCUT2D eigenvalue weighted by Gasteiger charge is 2.18. The second-order valence-electron chi connectivity index (χ2n) is 4.18. The molecule has 0 aliphatic heterocycles. The minimum Gasteiger partial charge on any atom is -0.320 e. The molecule has 8 heteroatoms. The van der Waals surface area contributed by atoms with E-state index < -0.39 is 10.8 Å². The van der Waals surface area contributed by atoms with Gasteiger partial charge in [0, 0.05) is 17.8 Å². The Hall–Kier alpha value is -2.41. The molecule has 1 heterocycles. The number of aromatic nitrogens is 2. The predicted molar refractivity (Wildman–Crippen MR) is 74.1 cm³/mol. The van der Waals surface area contributed by atoms with Crippen molar-refractivity contribution in [2.45, 2.75) is 13.8 Å². The SMILES string of the molecule is Cc1n[nH]c(C)c1C(=O)Nc1cc([N+](=O)[O-])ccc1Cl. The summed E-state index contributed by atoms with van der Waals surface area (Å²) in [6.07, 6.45) is 0. The zero-order valence-electron chi connectivity index (χ0n) is 10.7. The zero-order valence-corrected chi connectivity index (χ0v) is 11.5. The molecule has 2 N–H and O–H groups in total. The molecule has 20 heavy (non-hydrogen) atoms. The van der Waals surface area contributed by atoms with Gasteiger partial charge in [-0.1, -0.05) is 11.6 Å². The Morgan fingerprint density at radius 3 is 2.70 bits per heavy atom. The Morgan fingerprint density at radius 2 is 2.15 bits per heavy atom. The number of amides is 1. The molecular weight excluding hydrogens is 284 g/mol. The van der Waals surface area contributed by atoms with Gasteiger partial charge in [-0.05, 0) is 19.9 Å². The Morgan fingerprint density at radius 1 is 1.45 bits per heavy atom. The lowest BCUT2D eigenvalue weighted by molar-refractivity contribution is -0.384. The summed E-state index contributed by atoms with van der Waals surface area (Å²) >= 11 is 5.93. The molecule has 0 bridgehead atoms. The number of nitro groups is 1. The van der Waals surface area contributed by atoms with Crippen molar-refractivity contribution in [1.29, 1.82) is 0 Å². The van der Waals surface area contributed by atoms with E-state index in [1.165, 1.54) is 18.2 Å². The minimum absolute atomic E-state index is 0.148. The van der Waals surface area contributed by atoms with Gasteiger partial charge in [-0.15, -0.1) is 0 Å². The number of carbonyl (C=O) groups is 1. The van der Waals surface area contributed by atoms with Crippen LogP contribution in [0.4, 0.5) is 11.4 Å². The molecule has 0 radical (unpaired) electrons. The van der Waals surface area contributed by atoms with Gasteiger partial charge in [0.2, 0.25) is 0 Å². The van der Waals surface area contributed by atoms with E-state index in [2.05, 4.69) is 15.5 Å². The van der Waals surface area contributed by atoms with Gasteiger partial charge in [0.25, 0.3) is 11.6 Å². The van der Waals surface area contributed by atoms with E-state index in [1.807, 2.05) is 0 Å². The summed E-state index contributed by atoms with van der Waals surface area (Å²) in [6.45, 7) is 3.40. The van der Waals surface area contributed by atoms with Gasteiger partial charge in [-0.2, -0.15) is 5.10 Å². The summed E-state index contributed by atoms with van der Waals surface area (Å²) in [6, 6.07) is 3.85. The number of aryl methyl sites for hydroxylation is 2. The predicted octanol–water partition coefficient (Wildman–Crippen LogP) is 2.84. The highest BCUT2D eigenvalue weighted by molar-refractivity contribution is 6.34. The summed E-state index contributed by atoms with van der Waals surface area (Å²) < 4.78 is 0. The highest BCUT2D eigenvalue weighted by atomic mass is 35.5. The second kappa shape index (κ2) is 5.30. The van der Waals surface area contributed by atoms with Gasteiger partial charge in [-0.3, -0.25) is 20.0 Å². The van der Waals surface area contributed by atoms with Crippen molar-refractivity contribution in [3.05, 3.63) is 50.3 Å². The van der Waals surface area contributed by atoms with E-state index in [0.717, 1.165) is 0 Å². The molecule has 0 aliphatic rings. The largest absolute Gasteiger partial charge is 0.320 e. The fourth-order valence-electron chi connectivity index (χ4n) is 1.79. The third kappa shape index (κ3) is 2.62. The second-order valence-corrected chi connectivity index (χ2v) is 4.59. The van der Waals surface area contributed by atoms with Gasteiger partial charge >= 0.3 is 0 Å². The smallest absolute Gasteiger partial charge is 0.271 e. The summed E-state index contributed by atoms with van der Waals surface area (Å²) in [7, 11) is 0. The normalized spacial score (nSPS) is 10.3. The average molecular weight is 295 g/mol. The maximum absolute atomic E-state index is 12.2. The van der Waals surface area contributed by atoms with E-state index in [0.29, 0.717) is 17.0 Å². The number of nitrogens with zero attached hydrogens (tertiary/aromatic N) is 2.